The lowest BCUT2D eigenvalue weighted by molar-refractivity contribution is -0.147. The minimum atomic E-state index is -0.838. The zero-order chi connectivity index (χ0) is 14.0. The fraction of sp³-hybridized carbons (Fsp3) is 0.714. The standard InChI is InChI=1S/C14H21NO3S/c1-8(19-2)5-6-15-13(16)11-9-3-4-10(7-9)12(11)14(17)18/h3-4,8-12H,5-7H2,1-2H3,(H,15,16)(H,17,18)/t8?,9?,10?,11-,12+/m0/s1. The highest BCUT2D eigenvalue weighted by Gasteiger charge is 2.51. The van der Waals surface area contributed by atoms with Gasteiger partial charge in [0.2, 0.25) is 5.91 Å². The maximum atomic E-state index is 12.2. The van der Waals surface area contributed by atoms with Crippen LogP contribution in [0.15, 0.2) is 12.2 Å². The maximum Gasteiger partial charge on any atom is 0.307 e. The van der Waals surface area contributed by atoms with Crippen molar-refractivity contribution in [2.75, 3.05) is 12.8 Å². The van der Waals surface area contributed by atoms with E-state index in [4.69, 9.17) is 0 Å². The number of hydrogen-bond acceptors (Lipinski definition) is 3. The van der Waals surface area contributed by atoms with Gasteiger partial charge in [0.05, 0.1) is 11.8 Å². The number of rotatable bonds is 6. The van der Waals surface area contributed by atoms with E-state index in [2.05, 4.69) is 12.2 Å². The van der Waals surface area contributed by atoms with Crippen molar-refractivity contribution in [2.24, 2.45) is 23.7 Å². The largest absolute Gasteiger partial charge is 0.481 e. The second-order valence-electron chi connectivity index (χ2n) is 5.46. The highest BCUT2D eigenvalue weighted by Crippen LogP contribution is 2.48. The van der Waals surface area contributed by atoms with Gasteiger partial charge >= 0.3 is 5.97 Å². The van der Waals surface area contributed by atoms with Gasteiger partial charge in [-0.2, -0.15) is 11.8 Å². The van der Waals surface area contributed by atoms with Gasteiger partial charge in [0.1, 0.15) is 0 Å². The lowest BCUT2D eigenvalue weighted by Gasteiger charge is -2.24. The van der Waals surface area contributed by atoms with E-state index in [1.165, 1.54) is 0 Å². The van der Waals surface area contributed by atoms with Gasteiger partial charge < -0.3 is 10.4 Å². The normalized spacial score (nSPS) is 33.4. The van der Waals surface area contributed by atoms with E-state index in [9.17, 15) is 14.7 Å². The minimum absolute atomic E-state index is 0.0448. The molecule has 0 aromatic heterocycles. The van der Waals surface area contributed by atoms with Crippen LogP contribution in [0.2, 0.25) is 0 Å². The summed E-state index contributed by atoms with van der Waals surface area (Å²) in [6.07, 6.45) is 7.76. The van der Waals surface area contributed by atoms with Crippen molar-refractivity contribution in [3.05, 3.63) is 12.2 Å². The molecule has 106 valence electrons. The summed E-state index contributed by atoms with van der Waals surface area (Å²) in [4.78, 5) is 23.5. The molecule has 5 atom stereocenters. The number of amides is 1. The molecule has 2 rings (SSSR count). The highest BCUT2D eigenvalue weighted by atomic mass is 32.2. The van der Waals surface area contributed by atoms with Crippen LogP contribution in [0.4, 0.5) is 0 Å². The Labute approximate surface area is 118 Å². The van der Waals surface area contributed by atoms with Crippen molar-refractivity contribution < 1.29 is 14.7 Å². The van der Waals surface area contributed by atoms with Crippen molar-refractivity contribution in [3.63, 3.8) is 0 Å². The molecule has 1 saturated carbocycles. The van der Waals surface area contributed by atoms with E-state index in [0.717, 1.165) is 12.8 Å². The number of carboxylic acid groups (broad SMARTS) is 1. The van der Waals surface area contributed by atoms with Crippen molar-refractivity contribution in [1.82, 2.24) is 5.32 Å². The number of carbonyl (C=O) groups excluding carboxylic acids is 1. The van der Waals surface area contributed by atoms with E-state index in [-0.39, 0.29) is 23.7 Å². The Morgan fingerprint density at radius 3 is 2.58 bits per heavy atom. The third-order valence-corrected chi connectivity index (χ3v) is 5.34. The first-order chi connectivity index (χ1) is 9.04. The molecular weight excluding hydrogens is 262 g/mol. The zero-order valence-corrected chi connectivity index (χ0v) is 12.2. The number of allylic oxidation sites excluding steroid dienone is 2. The number of carbonyl (C=O) groups is 2. The fourth-order valence-corrected chi connectivity index (χ4v) is 3.50. The Hall–Kier alpha value is -0.970. The molecule has 2 N–H and O–H groups in total. The van der Waals surface area contributed by atoms with Gasteiger partial charge in [0.15, 0.2) is 0 Å². The number of fused-ring (bicyclic) bond motifs is 2. The third kappa shape index (κ3) is 2.96. The SMILES string of the molecule is CSC(C)CCNC(=O)[C@H]1C2C=CC(C2)[C@H]1C(=O)O. The summed E-state index contributed by atoms with van der Waals surface area (Å²) in [5.41, 5.74) is 0. The molecule has 0 saturated heterocycles. The van der Waals surface area contributed by atoms with Gasteiger partial charge in [-0.3, -0.25) is 9.59 Å². The second kappa shape index (κ2) is 5.99. The first-order valence-corrected chi connectivity index (χ1v) is 8.05. The Kier molecular flexibility index (Phi) is 4.55. The van der Waals surface area contributed by atoms with Crippen LogP contribution in [0, 0.1) is 23.7 Å². The van der Waals surface area contributed by atoms with E-state index in [0.29, 0.717) is 11.8 Å². The van der Waals surface area contributed by atoms with Crippen LogP contribution in [0.25, 0.3) is 0 Å². The molecule has 4 nitrogen and oxygen atoms in total. The molecule has 19 heavy (non-hydrogen) atoms. The smallest absolute Gasteiger partial charge is 0.307 e. The summed E-state index contributed by atoms with van der Waals surface area (Å²) in [6.45, 7) is 2.75. The lowest BCUT2D eigenvalue weighted by Crippen LogP contribution is -2.40. The Morgan fingerprint density at radius 1 is 1.37 bits per heavy atom. The number of thioether (sulfide) groups is 1. The van der Waals surface area contributed by atoms with Crippen LogP contribution in [0.5, 0.6) is 0 Å². The molecule has 2 bridgehead atoms. The summed E-state index contributed by atoms with van der Waals surface area (Å²) in [7, 11) is 0. The predicted molar refractivity (Wildman–Crippen MR) is 76.0 cm³/mol. The van der Waals surface area contributed by atoms with E-state index in [1.54, 1.807) is 11.8 Å². The van der Waals surface area contributed by atoms with Crippen molar-refractivity contribution in [1.29, 1.82) is 0 Å². The molecule has 0 aromatic carbocycles. The zero-order valence-electron chi connectivity index (χ0n) is 11.3. The van der Waals surface area contributed by atoms with Gasteiger partial charge in [0.25, 0.3) is 0 Å². The van der Waals surface area contributed by atoms with Crippen molar-refractivity contribution in [3.8, 4) is 0 Å². The molecule has 0 aromatic rings. The first kappa shape index (κ1) is 14.4. The summed E-state index contributed by atoms with van der Waals surface area (Å²) in [5, 5.41) is 12.7. The molecule has 2 aliphatic rings. The van der Waals surface area contributed by atoms with Gasteiger partial charge in [-0.25, -0.2) is 0 Å². The first-order valence-electron chi connectivity index (χ1n) is 6.76. The molecular formula is C14H21NO3S. The van der Waals surface area contributed by atoms with Gasteiger partial charge in [-0.15, -0.1) is 0 Å². The molecule has 3 unspecified atom stereocenters. The fourth-order valence-electron chi connectivity index (χ4n) is 3.15. The van der Waals surface area contributed by atoms with Crippen LogP contribution < -0.4 is 5.32 Å². The van der Waals surface area contributed by atoms with Crippen LogP contribution >= 0.6 is 11.8 Å². The van der Waals surface area contributed by atoms with Gasteiger partial charge in [0, 0.05) is 11.8 Å². The highest BCUT2D eigenvalue weighted by molar-refractivity contribution is 7.99. The van der Waals surface area contributed by atoms with Crippen molar-refractivity contribution in [2.45, 2.75) is 25.0 Å². The van der Waals surface area contributed by atoms with Crippen molar-refractivity contribution >= 4 is 23.6 Å². The monoisotopic (exact) mass is 283 g/mol. The quantitative estimate of drug-likeness (QED) is 0.729. The molecule has 0 heterocycles. The molecule has 0 spiro atoms. The van der Waals surface area contributed by atoms with Gasteiger partial charge in [-0.05, 0) is 30.9 Å². The Bertz CT molecular complexity index is 396. The molecule has 1 amide bonds. The lowest BCUT2D eigenvalue weighted by atomic mass is 9.82. The second-order valence-corrected chi connectivity index (χ2v) is 6.74. The Morgan fingerprint density at radius 2 is 2.00 bits per heavy atom. The number of nitrogens with one attached hydrogen (secondary N) is 1. The summed E-state index contributed by atoms with van der Waals surface area (Å²) < 4.78 is 0. The third-order valence-electron chi connectivity index (χ3n) is 4.30. The van der Waals surface area contributed by atoms with Gasteiger partial charge in [-0.1, -0.05) is 19.1 Å². The minimum Gasteiger partial charge on any atom is -0.481 e. The summed E-state index contributed by atoms with van der Waals surface area (Å²) in [5.74, 6) is -1.68. The van der Waals surface area contributed by atoms with E-state index >= 15 is 0 Å². The van der Waals surface area contributed by atoms with E-state index < -0.39 is 11.9 Å². The molecule has 0 aliphatic heterocycles. The number of carboxylic acids is 1. The average Bonchev–Trinajstić information content (AvgIpc) is 2.98. The van der Waals surface area contributed by atoms with Crippen LogP contribution in [-0.2, 0) is 9.59 Å². The van der Waals surface area contributed by atoms with Crippen LogP contribution in [0.3, 0.4) is 0 Å². The van der Waals surface area contributed by atoms with Crippen LogP contribution in [0.1, 0.15) is 19.8 Å². The molecule has 2 aliphatic carbocycles. The number of aliphatic carboxylic acids is 1. The maximum absolute atomic E-state index is 12.2. The summed E-state index contributed by atoms with van der Waals surface area (Å²) >= 11 is 1.77. The Balaban J connectivity index is 1.91. The topological polar surface area (TPSA) is 66.4 Å². The summed E-state index contributed by atoms with van der Waals surface area (Å²) in [6, 6.07) is 0. The molecule has 0 radical (unpaired) electrons. The predicted octanol–water partition coefficient (Wildman–Crippen LogP) is 1.77. The number of hydrogen-bond donors (Lipinski definition) is 2. The van der Waals surface area contributed by atoms with E-state index in [1.807, 2.05) is 18.4 Å². The molecule has 5 heteroatoms. The van der Waals surface area contributed by atoms with Crippen LogP contribution in [-0.4, -0.2) is 35.0 Å². The average molecular weight is 283 g/mol. The molecule has 1 fully saturated rings.